The second-order valence-electron chi connectivity index (χ2n) is 9.93. The zero-order valence-electron chi connectivity index (χ0n) is 20.7. The molecule has 5 heteroatoms. The average Bonchev–Trinajstić information content (AvgIpc) is 3.05. The van der Waals surface area contributed by atoms with Crippen molar-refractivity contribution >= 4 is 51.7 Å². The van der Waals surface area contributed by atoms with E-state index < -0.39 is 8.24 Å². The Hall–Kier alpha value is -3.88. The fourth-order valence-electron chi connectivity index (χ4n) is 4.77. The summed E-state index contributed by atoms with van der Waals surface area (Å²) in [6, 6.07) is 30.8. The van der Waals surface area contributed by atoms with Gasteiger partial charge in [0.25, 0.3) is 0 Å². The molecule has 6 rings (SSSR count). The van der Waals surface area contributed by atoms with Crippen molar-refractivity contribution in [1.82, 2.24) is 0 Å². The van der Waals surface area contributed by atoms with Crippen molar-refractivity contribution < 1.29 is 17.7 Å². The van der Waals surface area contributed by atoms with E-state index in [2.05, 4.69) is 81.4 Å². The van der Waals surface area contributed by atoms with E-state index in [0.717, 1.165) is 60.5 Å². The van der Waals surface area contributed by atoms with Crippen LogP contribution >= 0.6 is 8.24 Å². The largest absolute Gasteiger partial charge is 0.497 e. The number of ether oxygens (including phenoxy) is 1. The Labute approximate surface area is 210 Å². The molecule has 0 saturated carbocycles. The molecule has 0 spiro atoms. The molecule has 0 aliphatic heterocycles. The van der Waals surface area contributed by atoms with Gasteiger partial charge in [-0.05, 0) is 57.3 Å². The smallest absolute Gasteiger partial charge is 0.453 e. The van der Waals surface area contributed by atoms with E-state index in [9.17, 15) is 0 Å². The molecule has 0 amide bonds. The molecule has 6 aromatic rings. The van der Waals surface area contributed by atoms with E-state index in [0.29, 0.717) is 0 Å². The minimum Gasteiger partial charge on any atom is -0.497 e. The fourth-order valence-corrected chi connectivity index (χ4v) is 5.83. The fraction of sp³-hybridized carbons (Fsp3) is 0.161. The highest BCUT2D eigenvalue weighted by Crippen LogP contribution is 2.44. The maximum atomic E-state index is 6.51. The first-order valence-corrected chi connectivity index (χ1v) is 13.1. The summed E-state index contributed by atoms with van der Waals surface area (Å²) < 4.78 is 25.0. The molecule has 0 aliphatic rings. The number of fused-ring (bicyclic) bond motifs is 7. The lowest BCUT2D eigenvalue weighted by Gasteiger charge is -2.22. The minimum atomic E-state index is -1.78. The summed E-state index contributed by atoms with van der Waals surface area (Å²) >= 11 is 0. The summed E-state index contributed by atoms with van der Waals surface area (Å²) in [5.74, 6) is 1.51. The van der Waals surface area contributed by atoms with E-state index in [1.54, 1.807) is 7.11 Å². The number of rotatable bonds is 3. The van der Waals surface area contributed by atoms with Crippen molar-refractivity contribution in [3.8, 4) is 11.5 Å². The van der Waals surface area contributed by atoms with Crippen LogP contribution in [0.5, 0.6) is 11.5 Å². The van der Waals surface area contributed by atoms with Crippen molar-refractivity contribution in [2.24, 2.45) is 0 Å². The van der Waals surface area contributed by atoms with Crippen LogP contribution in [-0.2, 0) is 5.41 Å². The Morgan fingerprint density at radius 3 is 1.75 bits per heavy atom. The number of benzene rings is 5. The van der Waals surface area contributed by atoms with Crippen LogP contribution in [0.1, 0.15) is 26.3 Å². The molecule has 5 aromatic carbocycles. The molecule has 0 fully saturated rings. The van der Waals surface area contributed by atoms with Crippen molar-refractivity contribution in [2.45, 2.75) is 26.2 Å². The third-order valence-corrected chi connectivity index (χ3v) is 7.58. The lowest BCUT2D eigenvalue weighted by molar-refractivity contribution is 0.410. The molecule has 180 valence electrons. The summed E-state index contributed by atoms with van der Waals surface area (Å²) in [7, 11) is -0.104. The van der Waals surface area contributed by atoms with Crippen molar-refractivity contribution in [1.29, 1.82) is 0 Å². The normalized spacial score (nSPS) is 11.9. The SMILES string of the molecule is COc1ccc(Op2oc3ccc4ccccc4c3c3c(ccc4ccccc43)o2)c(C(C)(C)C)c1. The average molecular weight is 495 g/mol. The molecule has 36 heavy (non-hydrogen) atoms. The van der Waals surface area contributed by atoms with Gasteiger partial charge in [-0.2, -0.15) is 0 Å². The van der Waals surface area contributed by atoms with Gasteiger partial charge >= 0.3 is 8.24 Å². The monoisotopic (exact) mass is 494 g/mol. The van der Waals surface area contributed by atoms with E-state index in [-0.39, 0.29) is 5.41 Å². The van der Waals surface area contributed by atoms with Gasteiger partial charge in [0.05, 0.1) is 7.11 Å². The Morgan fingerprint density at radius 2 is 1.22 bits per heavy atom. The number of hydrogen-bond donors (Lipinski definition) is 0. The maximum Gasteiger partial charge on any atom is 0.453 e. The van der Waals surface area contributed by atoms with Gasteiger partial charge in [-0.15, -0.1) is 0 Å². The lowest BCUT2D eigenvalue weighted by atomic mass is 9.86. The van der Waals surface area contributed by atoms with E-state index in [1.807, 2.05) is 30.3 Å². The standard InChI is InChI=1S/C31H27O4P/c1-31(2,3)25-19-22(32-4)15-18-26(25)33-36-34-27-16-13-20-9-5-7-11-23(20)29(27)30-24-12-8-6-10-21(24)14-17-28(30)35-36/h5-19H,1-4H3. The summed E-state index contributed by atoms with van der Waals surface area (Å²) in [6.07, 6.45) is 0. The first-order valence-electron chi connectivity index (χ1n) is 12.0. The predicted octanol–water partition coefficient (Wildman–Crippen LogP) is 9.74. The van der Waals surface area contributed by atoms with Gasteiger partial charge in [-0.3, -0.25) is 0 Å². The van der Waals surface area contributed by atoms with Crippen LogP contribution in [0.2, 0.25) is 0 Å². The highest BCUT2D eigenvalue weighted by atomic mass is 31.1. The van der Waals surface area contributed by atoms with E-state index in [1.165, 1.54) is 0 Å². The molecule has 0 atom stereocenters. The van der Waals surface area contributed by atoms with Crippen LogP contribution in [0.25, 0.3) is 43.5 Å². The van der Waals surface area contributed by atoms with Crippen LogP contribution in [0.3, 0.4) is 0 Å². The van der Waals surface area contributed by atoms with Gasteiger partial charge in [0.2, 0.25) is 0 Å². The van der Waals surface area contributed by atoms with E-state index >= 15 is 0 Å². The van der Waals surface area contributed by atoms with Crippen molar-refractivity contribution in [3.63, 3.8) is 0 Å². The molecule has 1 aromatic heterocycles. The quantitative estimate of drug-likeness (QED) is 0.246. The van der Waals surface area contributed by atoms with E-state index in [4.69, 9.17) is 17.7 Å². The first kappa shape index (κ1) is 22.6. The topological polar surface area (TPSA) is 44.7 Å². The molecule has 1 heterocycles. The molecule has 0 aliphatic carbocycles. The van der Waals surface area contributed by atoms with Crippen molar-refractivity contribution in [3.05, 3.63) is 96.6 Å². The third-order valence-electron chi connectivity index (χ3n) is 6.54. The molecule has 0 unspecified atom stereocenters. The zero-order chi connectivity index (χ0) is 24.9. The summed E-state index contributed by atoms with van der Waals surface area (Å²) in [6.45, 7) is 6.46. The molecule has 4 nitrogen and oxygen atoms in total. The number of hydrogen-bond acceptors (Lipinski definition) is 4. The Morgan fingerprint density at radius 1 is 0.667 bits per heavy atom. The van der Waals surface area contributed by atoms with Gasteiger partial charge in [-0.1, -0.05) is 81.4 Å². The van der Waals surface area contributed by atoms with Crippen LogP contribution in [-0.4, -0.2) is 7.11 Å². The lowest BCUT2D eigenvalue weighted by Crippen LogP contribution is -2.12. The Bertz CT molecular complexity index is 1700. The van der Waals surface area contributed by atoms with Crippen molar-refractivity contribution in [2.75, 3.05) is 7.11 Å². The summed E-state index contributed by atoms with van der Waals surface area (Å²) in [5, 5.41) is 6.59. The summed E-state index contributed by atoms with van der Waals surface area (Å²) in [5.41, 5.74) is 2.37. The molecule has 0 radical (unpaired) electrons. The van der Waals surface area contributed by atoms with Gasteiger partial charge in [0.1, 0.15) is 22.7 Å². The van der Waals surface area contributed by atoms with Crippen LogP contribution in [0.4, 0.5) is 0 Å². The molecule has 0 bridgehead atoms. The maximum absolute atomic E-state index is 6.51. The van der Waals surface area contributed by atoms with Gasteiger partial charge < -0.3 is 17.7 Å². The first-order chi connectivity index (χ1) is 17.4. The molecular weight excluding hydrogens is 467 g/mol. The second-order valence-corrected chi connectivity index (χ2v) is 10.9. The highest BCUT2D eigenvalue weighted by molar-refractivity contribution is 7.32. The minimum absolute atomic E-state index is 0.159. The number of methoxy groups -OCH3 is 1. The summed E-state index contributed by atoms with van der Waals surface area (Å²) in [4.78, 5) is 0. The third kappa shape index (κ3) is 3.88. The zero-order valence-corrected chi connectivity index (χ0v) is 21.6. The van der Waals surface area contributed by atoms with Gasteiger partial charge in [-0.25, -0.2) is 0 Å². The van der Waals surface area contributed by atoms with Crippen LogP contribution < -0.4 is 9.26 Å². The Balaban J connectivity index is 1.69. The van der Waals surface area contributed by atoms with Crippen LogP contribution in [0.15, 0.2) is 99.4 Å². The molecular formula is C31H27O4P. The highest BCUT2D eigenvalue weighted by Gasteiger charge is 2.22. The molecule has 0 saturated heterocycles. The van der Waals surface area contributed by atoms with Gasteiger partial charge in [0.15, 0.2) is 0 Å². The van der Waals surface area contributed by atoms with Crippen LogP contribution in [0, 0.1) is 0 Å². The molecule has 0 N–H and O–H groups in total. The van der Waals surface area contributed by atoms with Gasteiger partial charge in [0, 0.05) is 16.3 Å². The predicted molar refractivity (Wildman–Crippen MR) is 149 cm³/mol. The second kappa shape index (κ2) is 8.65. The Kier molecular flexibility index (Phi) is 5.43.